The molecule has 0 amide bonds. The monoisotopic (exact) mass is 383 g/mol. The van der Waals surface area contributed by atoms with E-state index in [4.69, 9.17) is 9.15 Å². The molecule has 0 bridgehead atoms. The van der Waals surface area contributed by atoms with Gasteiger partial charge in [0.05, 0.1) is 24.5 Å². The zero-order chi connectivity index (χ0) is 19.4. The maximum atomic E-state index is 12.9. The highest BCUT2D eigenvalue weighted by Crippen LogP contribution is 2.32. The van der Waals surface area contributed by atoms with Gasteiger partial charge in [0.2, 0.25) is 5.89 Å². The van der Waals surface area contributed by atoms with Gasteiger partial charge in [0, 0.05) is 38.3 Å². The first kappa shape index (κ1) is 19.9. The van der Waals surface area contributed by atoms with Crippen molar-refractivity contribution in [2.24, 2.45) is 0 Å². The minimum atomic E-state index is -4.39. The Morgan fingerprint density at radius 1 is 1.22 bits per heavy atom. The van der Waals surface area contributed by atoms with Crippen molar-refractivity contribution in [2.75, 3.05) is 46.4 Å². The van der Waals surface area contributed by atoms with Gasteiger partial charge in [-0.2, -0.15) is 13.2 Å². The lowest BCUT2D eigenvalue weighted by atomic mass is 10.1. The molecule has 1 aromatic carbocycles. The highest BCUT2D eigenvalue weighted by Gasteiger charge is 2.31. The molecule has 0 unspecified atom stereocenters. The summed E-state index contributed by atoms with van der Waals surface area (Å²) < 4.78 is 49.7. The maximum absolute atomic E-state index is 12.9. The fourth-order valence-electron chi connectivity index (χ4n) is 3.00. The highest BCUT2D eigenvalue weighted by atomic mass is 19.4. The number of likely N-dealkylation sites (N-methyl/N-ethyl adjacent to an activating group) is 1. The quantitative estimate of drug-likeness (QED) is 0.765. The maximum Gasteiger partial charge on any atom is 0.416 e. The molecule has 1 aliphatic rings. The molecule has 2 heterocycles. The molecule has 1 saturated heterocycles. The van der Waals surface area contributed by atoms with E-state index in [1.165, 1.54) is 6.07 Å². The highest BCUT2D eigenvalue weighted by molar-refractivity contribution is 5.55. The minimum Gasteiger partial charge on any atom is -0.441 e. The third kappa shape index (κ3) is 5.31. The number of morpholine rings is 1. The molecule has 3 rings (SSSR count). The molecule has 8 heteroatoms. The number of rotatable bonds is 6. The Morgan fingerprint density at radius 3 is 2.67 bits per heavy atom. The van der Waals surface area contributed by atoms with E-state index in [0.717, 1.165) is 57.2 Å². The van der Waals surface area contributed by atoms with Gasteiger partial charge in [-0.1, -0.05) is 6.07 Å². The lowest BCUT2D eigenvalue weighted by molar-refractivity contribution is -0.137. The summed E-state index contributed by atoms with van der Waals surface area (Å²) in [5.41, 5.74) is 0.363. The normalized spacial score (nSPS) is 16.2. The predicted octanol–water partition coefficient (Wildman–Crippen LogP) is 3.43. The van der Waals surface area contributed by atoms with Crippen molar-refractivity contribution in [3.05, 3.63) is 41.3 Å². The first-order valence-corrected chi connectivity index (χ1v) is 8.95. The largest absolute Gasteiger partial charge is 0.441 e. The number of alkyl halides is 3. The molecular weight excluding hydrogens is 359 g/mol. The average molecular weight is 383 g/mol. The number of ether oxygens (including phenoxy) is 1. The van der Waals surface area contributed by atoms with Crippen molar-refractivity contribution in [1.82, 2.24) is 14.8 Å². The van der Waals surface area contributed by atoms with Crippen molar-refractivity contribution in [3.8, 4) is 11.5 Å². The van der Waals surface area contributed by atoms with E-state index in [1.807, 2.05) is 7.05 Å². The van der Waals surface area contributed by atoms with Crippen LogP contribution >= 0.6 is 0 Å². The van der Waals surface area contributed by atoms with Crippen molar-refractivity contribution in [2.45, 2.75) is 19.6 Å². The summed E-state index contributed by atoms with van der Waals surface area (Å²) in [5, 5.41) is 0. The molecule has 1 fully saturated rings. The van der Waals surface area contributed by atoms with Crippen LogP contribution in [0.3, 0.4) is 0 Å². The molecule has 0 saturated carbocycles. The Kier molecular flexibility index (Phi) is 6.18. The number of aromatic nitrogens is 1. The molecule has 0 atom stereocenters. The van der Waals surface area contributed by atoms with Gasteiger partial charge in [-0.25, -0.2) is 4.98 Å². The number of hydrogen-bond acceptors (Lipinski definition) is 5. The third-order valence-electron chi connectivity index (χ3n) is 4.65. The fraction of sp³-hybridized carbons (Fsp3) is 0.526. The first-order chi connectivity index (χ1) is 12.8. The lowest BCUT2D eigenvalue weighted by Crippen LogP contribution is -2.40. The summed E-state index contributed by atoms with van der Waals surface area (Å²) in [6.45, 7) is 7.60. The van der Waals surface area contributed by atoms with E-state index in [9.17, 15) is 13.2 Å². The van der Waals surface area contributed by atoms with E-state index >= 15 is 0 Å². The second kappa shape index (κ2) is 8.41. The Balaban J connectivity index is 1.64. The van der Waals surface area contributed by atoms with Gasteiger partial charge in [-0.15, -0.1) is 0 Å². The summed E-state index contributed by atoms with van der Waals surface area (Å²) >= 11 is 0. The number of oxazole rings is 1. The van der Waals surface area contributed by atoms with Crippen molar-refractivity contribution in [1.29, 1.82) is 0 Å². The number of benzene rings is 1. The minimum absolute atomic E-state index is 0.218. The first-order valence-electron chi connectivity index (χ1n) is 8.95. The lowest BCUT2D eigenvalue weighted by Gasteiger charge is -2.28. The van der Waals surface area contributed by atoms with E-state index in [2.05, 4.69) is 14.8 Å². The molecular formula is C19H24F3N3O2. The summed E-state index contributed by atoms with van der Waals surface area (Å²) in [6, 6.07) is 5.05. The van der Waals surface area contributed by atoms with Crippen LogP contribution in [0.15, 0.2) is 28.7 Å². The molecule has 0 spiro atoms. The Morgan fingerprint density at radius 2 is 1.96 bits per heavy atom. The van der Waals surface area contributed by atoms with Gasteiger partial charge >= 0.3 is 6.18 Å². The van der Waals surface area contributed by atoms with Crippen molar-refractivity contribution < 1.29 is 22.3 Å². The Labute approximate surface area is 156 Å². The second-order valence-electron chi connectivity index (χ2n) is 6.79. The van der Waals surface area contributed by atoms with Crippen LogP contribution in [0.5, 0.6) is 0 Å². The zero-order valence-corrected chi connectivity index (χ0v) is 15.6. The fourth-order valence-corrected chi connectivity index (χ4v) is 3.00. The topological polar surface area (TPSA) is 41.7 Å². The van der Waals surface area contributed by atoms with Crippen molar-refractivity contribution in [3.63, 3.8) is 0 Å². The molecule has 148 valence electrons. The van der Waals surface area contributed by atoms with Crippen LogP contribution in [0.2, 0.25) is 0 Å². The van der Waals surface area contributed by atoms with Crippen LogP contribution in [-0.4, -0.2) is 61.2 Å². The van der Waals surface area contributed by atoms with Crippen LogP contribution in [0, 0.1) is 6.92 Å². The van der Waals surface area contributed by atoms with E-state index in [0.29, 0.717) is 17.9 Å². The molecule has 27 heavy (non-hydrogen) atoms. The zero-order valence-electron chi connectivity index (χ0n) is 15.6. The second-order valence-corrected chi connectivity index (χ2v) is 6.79. The number of halogens is 3. The SMILES string of the molecule is Cc1oc(-c2cccc(C(F)(F)F)c2)nc1CN(C)CCN1CCOCC1. The van der Waals surface area contributed by atoms with Gasteiger partial charge in [0.1, 0.15) is 5.76 Å². The summed E-state index contributed by atoms with van der Waals surface area (Å²) in [6.07, 6.45) is -4.39. The molecule has 2 aromatic rings. The number of aryl methyl sites for hydroxylation is 1. The van der Waals surface area contributed by atoms with Crippen molar-refractivity contribution >= 4 is 0 Å². The Bertz CT molecular complexity index is 755. The number of hydrogen-bond donors (Lipinski definition) is 0. The van der Waals surface area contributed by atoms with E-state index < -0.39 is 11.7 Å². The van der Waals surface area contributed by atoms with E-state index in [-0.39, 0.29) is 5.89 Å². The van der Waals surface area contributed by atoms with Gasteiger partial charge in [-0.05, 0) is 32.2 Å². The van der Waals surface area contributed by atoms with Crippen LogP contribution < -0.4 is 0 Å². The van der Waals surface area contributed by atoms with Crippen LogP contribution in [-0.2, 0) is 17.5 Å². The number of nitrogens with zero attached hydrogens (tertiary/aromatic N) is 3. The van der Waals surface area contributed by atoms with Crippen LogP contribution in [0.1, 0.15) is 17.0 Å². The summed E-state index contributed by atoms with van der Waals surface area (Å²) in [4.78, 5) is 8.91. The molecule has 1 aliphatic heterocycles. The average Bonchev–Trinajstić information content (AvgIpc) is 3.01. The predicted molar refractivity (Wildman–Crippen MR) is 95.3 cm³/mol. The molecule has 1 aromatic heterocycles. The molecule has 0 radical (unpaired) electrons. The van der Waals surface area contributed by atoms with Crippen LogP contribution in [0.4, 0.5) is 13.2 Å². The summed E-state index contributed by atoms with van der Waals surface area (Å²) in [7, 11) is 2.00. The van der Waals surface area contributed by atoms with Gasteiger partial charge in [-0.3, -0.25) is 9.80 Å². The summed E-state index contributed by atoms with van der Waals surface area (Å²) in [5.74, 6) is 0.843. The third-order valence-corrected chi connectivity index (χ3v) is 4.65. The Hall–Kier alpha value is -1.90. The van der Waals surface area contributed by atoms with Gasteiger partial charge in [0.25, 0.3) is 0 Å². The molecule has 0 N–H and O–H groups in total. The van der Waals surface area contributed by atoms with Crippen LogP contribution in [0.25, 0.3) is 11.5 Å². The molecule has 5 nitrogen and oxygen atoms in total. The smallest absolute Gasteiger partial charge is 0.416 e. The van der Waals surface area contributed by atoms with Gasteiger partial charge < -0.3 is 9.15 Å². The van der Waals surface area contributed by atoms with E-state index in [1.54, 1.807) is 13.0 Å². The van der Waals surface area contributed by atoms with Gasteiger partial charge in [0.15, 0.2) is 0 Å². The standard InChI is InChI=1S/C19H24F3N3O2/c1-14-17(13-24(2)6-7-25-8-10-26-11-9-25)23-18(27-14)15-4-3-5-16(12-15)19(20,21)22/h3-5,12H,6-11,13H2,1-2H3. The molecule has 0 aliphatic carbocycles.